The fourth-order valence-corrected chi connectivity index (χ4v) is 2.57. The highest BCUT2D eigenvalue weighted by molar-refractivity contribution is 5.76. The van der Waals surface area contributed by atoms with Crippen LogP contribution >= 0.6 is 0 Å². The maximum absolute atomic E-state index is 11.0. The molecule has 4 heteroatoms. The van der Waals surface area contributed by atoms with Crippen molar-refractivity contribution >= 4 is 5.97 Å². The summed E-state index contributed by atoms with van der Waals surface area (Å²) in [5, 5.41) is 9.07. The molecule has 0 atom stereocenters. The molecular formula is C19H16N2O2. The van der Waals surface area contributed by atoms with Gasteiger partial charge in [0.15, 0.2) is 0 Å². The molecule has 1 N–H and O–H groups in total. The minimum atomic E-state index is -0.828. The van der Waals surface area contributed by atoms with Gasteiger partial charge in [-0.3, -0.25) is 4.79 Å². The molecule has 0 saturated carbocycles. The lowest BCUT2D eigenvalue weighted by atomic mass is 9.96. The molecule has 0 amide bonds. The van der Waals surface area contributed by atoms with Crippen molar-refractivity contribution in [1.82, 2.24) is 9.97 Å². The average molecular weight is 304 g/mol. The first-order chi connectivity index (χ1) is 11.2. The van der Waals surface area contributed by atoms with E-state index < -0.39 is 5.97 Å². The Morgan fingerprint density at radius 2 is 1.74 bits per heavy atom. The van der Waals surface area contributed by atoms with Gasteiger partial charge in [0.2, 0.25) is 0 Å². The first kappa shape index (κ1) is 14.9. The Morgan fingerprint density at radius 3 is 2.52 bits per heavy atom. The van der Waals surface area contributed by atoms with Crippen LogP contribution in [0.5, 0.6) is 0 Å². The Labute approximate surface area is 134 Å². The van der Waals surface area contributed by atoms with E-state index in [4.69, 9.17) is 5.11 Å². The highest BCUT2D eigenvalue weighted by Gasteiger charge is 2.09. The number of aliphatic carboxylic acids is 1. The van der Waals surface area contributed by atoms with Gasteiger partial charge in [0.1, 0.15) is 5.82 Å². The SMILES string of the molecule is O=C(O)Cc1ccccc1-c1cccc(Cc2ncccn2)c1. The number of nitrogens with zero attached hydrogens (tertiary/aromatic N) is 2. The van der Waals surface area contributed by atoms with Crippen LogP contribution in [0.1, 0.15) is 17.0 Å². The number of hydrogen-bond donors (Lipinski definition) is 1. The molecule has 2 aromatic carbocycles. The van der Waals surface area contributed by atoms with Crippen LogP contribution in [0.4, 0.5) is 0 Å². The lowest BCUT2D eigenvalue weighted by molar-refractivity contribution is -0.136. The molecule has 0 aliphatic carbocycles. The lowest BCUT2D eigenvalue weighted by Crippen LogP contribution is -2.02. The quantitative estimate of drug-likeness (QED) is 0.785. The highest BCUT2D eigenvalue weighted by Crippen LogP contribution is 2.25. The summed E-state index contributed by atoms with van der Waals surface area (Å²) >= 11 is 0. The minimum Gasteiger partial charge on any atom is -0.481 e. The van der Waals surface area contributed by atoms with Gasteiger partial charge in [-0.1, -0.05) is 48.5 Å². The number of benzene rings is 2. The zero-order valence-electron chi connectivity index (χ0n) is 12.5. The third-order valence-electron chi connectivity index (χ3n) is 3.58. The second kappa shape index (κ2) is 6.83. The number of carbonyl (C=O) groups is 1. The molecule has 1 heterocycles. The minimum absolute atomic E-state index is 0.0161. The number of rotatable bonds is 5. The van der Waals surface area contributed by atoms with Gasteiger partial charge in [-0.15, -0.1) is 0 Å². The van der Waals surface area contributed by atoms with Crippen molar-refractivity contribution in [2.75, 3.05) is 0 Å². The third-order valence-corrected chi connectivity index (χ3v) is 3.58. The third kappa shape index (κ3) is 3.80. The number of carboxylic acids is 1. The van der Waals surface area contributed by atoms with Crippen molar-refractivity contribution in [3.63, 3.8) is 0 Å². The first-order valence-electron chi connectivity index (χ1n) is 7.37. The first-order valence-corrected chi connectivity index (χ1v) is 7.37. The molecule has 0 radical (unpaired) electrons. The monoisotopic (exact) mass is 304 g/mol. The molecule has 0 saturated heterocycles. The van der Waals surface area contributed by atoms with Gasteiger partial charge >= 0.3 is 5.97 Å². The lowest BCUT2D eigenvalue weighted by Gasteiger charge is -2.09. The van der Waals surface area contributed by atoms with E-state index in [-0.39, 0.29) is 6.42 Å². The van der Waals surface area contributed by atoms with Crippen LogP contribution in [0, 0.1) is 0 Å². The Hall–Kier alpha value is -3.01. The van der Waals surface area contributed by atoms with Gasteiger partial charge in [0.25, 0.3) is 0 Å². The van der Waals surface area contributed by atoms with E-state index in [2.05, 4.69) is 16.0 Å². The van der Waals surface area contributed by atoms with Gasteiger partial charge in [0, 0.05) is 18.8 Å². The summed E-state index contributed by atoms with van der Waals surface area (Å²) in [6, 6.07) is 17.5. The molecule has 0 aliphatic rings. The van der Waals surface area contributed by atoms with E-state index in [0.29, 0.717) is 6.42 Å². The van der Waals surface area contributed by atoms with E-state index in [1.54, 1.807) is 18.5 Å². The van der Waals surface area contributed by atoms with Crippen molar-refractivity contribution in [3.05, 3.63) is 83.9 Å². The summed E-state index contributed by atoms with van der Waals surface area (Å²) in [6.07, 6.45) is 4.13. The fraction of sp³-hybridized carbons (Fsp3) is 0.105. The molecule has 23 heavy (non-hydrogen) atoms. The largest absolute Gasteiger partial charge is 0.481 e. The van der Waals surface area contributed by atoms with Crippen molar-refractivity contribution in [2.45, 2.75) is 12.8 Å². The number of hydrogen-bond acceptors (Lipinski definition) is 3. The molecular weight excluding hydrogens is 288 g/mol. The fourth-order valence-electron chi connectivity index (χ4n) is 2.57. The van der Waals surface area contributed by atoms with E-state index in [9.17, 15) is 4.79 Å². The Bertz CT molecular complexity index is 816. The summed E-state index contributed by atoms with van der Waals surface area (Å²) in [4.78, 5) is 19.5. The summed E-state index contributed by atoms with van der Waals surface area (Å²) in [5.74, 6) is -0.0604. The molecule has 114 valence electrons. The van der Waals surface area contributed by atoms with Gasteiger partial charge in [-0.2, -0.15) is 0 Å². The highest BCUT2D eigenvalue weighted by atomic mass is 16.4. The smallest absolute Gasteiger partial charge is 0.307 e. The molecule has 0 bridgehead atoms. The van der Waals surface area contributed by atoms with Gasteiger partial charge in [0.05, 0.1) is 6.42 Å². The summed E-state index contributed by atoms with van der Waals surface area (Å²) in [7, 11) is 0. The van der Waals surface area contributed by atoms with Crippen LogP contribution in [0.25, 0.3) is 11.1 Å². The predicted molar refractivity (Wildman–Crippen MR) is 88.1 cm³/mol. The molecule has 0 fully saturated rings. The Kier molecular flexibility index (Phi) is 4.43. The van der Waals surface area contributed by atoms with Crippen LogP contribution in [0.15, 0.2) is 67.0 Å². The number of aromatic nitrogens is 2. The zero-order valence-corrected chi connectivity index (χ0v) is 12.5. The maximum atomic E-state index is 11.0. The molecule has 0 spiro atoms. The van der Waals surface area contributed by atoms with Crippen molar-refractivity contribution in [2.24, 2.45) is 0 Å². The van der Waals surface area contributed by atoms with E-state index >= 15 is 0 Å². The predicted octanol–water partition coefficient (Wildman–Crippen LogP) is 3.36. The molecule has 3 rings (SSSR count). The van der Waals surface area contributed by atoms with Crippen molar-refractivity contribution < 1.29 is 9.90 Å². The van der Waals surface area contributed by atoms with Crippen LogP contribution < -0.4 is 0 Å². The van der Waals surface area contributed by atoms with Gasteiger partial charge in [-0.05, 0) is 28.3 Å². The molecule has 1 aromatic heterocycles. The van der Waals surface area contributed by atoms with Gasteiger partial charge in [-0.25, -0.2) is 9.97 Å². The van der Waals surface area contributed by atoms with Crippen LogP contribution in [0.3, 0.4) is 0 Å². The summed E-state index contributed by atoms with van der Waals surface area (Å²) in [6.45, 7) is 0. The molecule has 4 nitrogen and oxygen atoms in total. The van der Waals surface area contributed by atoms with Crippen LogP contribution in [-0.4, -0.2) is 21.0 Å². The maximum Gasteiger partial charge on any atom is 0.307 e. The van der Waals surface area contributed by atoms with Crippen molar-refractivity contribution in [1.29, 1.82) is 0 Å². The molecule has 0 aliphatic heterocycles. The molecule has 0 unspecified atom stereocenters. The van der Waals surface area contributed by atoms with Crippen LogP contribution in [0.2, 0.25) is 0 Å². The Morgan fingerprint density at radius 1 is 0.957 bits per heavy atom. The normalized spacial score (nSPS) is 10.4. The summed E-state index contributed by atoms with van der Waals surface area (Å²) < 4.78 is 0. The Balaban J connectivity index is 1.92. The van der Waals surface area contributed by atoms with E-state index in [1.165, 1.54) is 0 Å². The number of carboxylic acid groups (broad SMARTS) is 1. The van der Waals surface area contributed by atoms with Crippen LogP contribution in [-0.2, 0) is 17.6 Å². The molecule has 3 aromatic rings. The van der Waals surface area contributed by atoms with Crippen molar-refractivity contribution in [3.8, 4) is 11.1 Å². The van der Waals surface area contributed by atoms with E-state index in [1.807, 2.05) is 42.5 Å². The topological polar surface area (TPSA) is 63.1 Å². The van der Waals surface area contributed by atoms with Gasteiger partial charge < -0.3 is 5.11 Å². The second-order valence-electron chi connectivity index (χ2n) is 5.27. The zero-order chi connectivity index (χ0) is 16.1. The average Bonchev–Trinajstić information content (AvgIpc) is 2.56. The summed E-state index contributed by atoms with van der Waals surface area (Å²) in [5.41, 5.74) is 3.87. The van der Waals surface area contributed by atoms with E-state index in [0.717, 1.165) is 28.1 Å². The standard InChI is InChI=1S/C19H16N2O2/c22-19(23)13-16-6-1-2-8-17(16)15-7-3-5-14(11-15)12-18-20-9-4-10-21-18/h1-11H,12-13H2,(H,22,23). The second-order valence-corrected chi connectivity index (χ2v) is 5.27.